The molecular formula is C56H58Cl2N6O8S2. The lowest BCUT2D eigenvalue weighted by atomic mass is 9.92. The summed E-state index contributed by atoms with van der Waals surface area (Å²) in [6.07, 6.45) is 10.8. The van der Waals surface area contributed by atoms with Crippen molar-refractivity contribution in [2.75, 3.05) is 13.1 Å². The van der Waals surface area contributed by atoms with Gasteiger partial charge in [0.25, 0.3) is 0 Å². The number of halogens is 2. The van der Waals surface area contributed by atoms with E-state index in [1.54, 1.807) is 48.8 Å². The van der Waals surface area contributed by atoms with Gasteiger partial charge in [0.1, 0.15) is 67.6 Å². The summed E-state index contributed by atoms with van der Waals surface area (Å²) in [5.74, 6) is 0.0595. The van der Waals surface area contributed by atoms with E-state index in [0.717, 1.165) is 70.2 Å². The Bertz CT molecular complexity index is 2860. The zero-order valence-electron chi connectivity index (χ0n) is 41.1. The Balaban J connectivity index is 0.00000446. The average Bonchev–Trinajstić information content (AvgIpc) is 3.38. The number of hydrogen-bond donors (Lipinski definition) is 2. The Hall–Kier alpha value is -6.50. The van der Waals surface area contributed by atoms with Gasteiger partial charge < -0.3 is 29.2 Å². The Morgan fingerprint density at radius 3 is 1.57 bits per heavy atom. The molecule has 2 aliphatic heterocycles. The average molecular weight is 1080 g/mol. The molecule has 2 aromatic heterocycles. The number of carbonyl (C=O) groups is 2. The van der Waals surface area contributed by atoms with E-state index in [1.807, 2.05) is 34.1 Å². The van der Waals surface area contributed by atoms with Crippen molar-refractivity contribution in [2.45, 2.75) is 104 Å². The van der Waals surface area contributed by atoms with Gasteiger partial charge in [-0.1, -0.05) is 72.4 Å². The number of nitriles is 1. The van der Waals surface area contributed by atoms with E-state index < -0.39 is 24.0 Å². The third-order valence-corrected chi connectivity index (χ3v) is 13.9. The van der Waals surface area contributed by atoms with Crippen LogP contribution in [0.25, 0.3) is 16.0 Å². The molecule has 0 unspecified atom stereocenters. The van der Waals surface area contributed by atoms with Crippen molar-refractivity contribution in [3.8, 4) is 40.2 Å². The van der Waals surface area contributed by atoms with Crippen LogP contribution in [0.2, 0.25) is 10.0 Å². The highest BCUT2D eigenvalue weighted by molar-refractivity contribution is 7.59. The number of aromatic nitrogens is 2. The minimum Gasteiger partial charge on any atom is -0.488 e. The Labute approximate surface area is 455 Å². The molecule has 2 fully saturated rings. The van der Waals surface area contributed by atoms with Crippen LogP contribution in [-0.2, 0) is 49.1 Å². The monoisotopic (exact) mass is 1080 g/mol. The van der Waals surface area contributed by atoms with Crippen LogP contribution >= 0.6 is 50.2 Å². The number of hydrogen-bond acceptors (Lipinski definition) is 11. The highest BCUT2D eigenvalue weighted by atomic mass is 35.5. The molecule has 4 aromatic carbocycles. The second-order valence-electron chi connectivity index (χ2n) is 18.1. The van der Waals surface area contributed by atoms with Crippen LogP contribution in [0, 0.1) is 31.8 Å². The lowest BCUT2D eigenvalue weighted by Gasteiger charge is -2.33. The summed E-state index contributed by atoms with van der Waals surface area (Å²) >= 11 is 13.9. The van der Waals surface area contributed by atoms with Gasteiger partial charge in [-0.2, -0.15) is 32.3 Å². The van der Waals surface area contributed by atoms with Gasteiger partial charge in [-0.3, -0.25) is 29.4 Å². The fourth-order valence-electron chi connectivity index (χ4n) is 9.38. The fraction of sp³-hybridized carbons (Fsp3) is 0.321. The molecule has 2 N–H and O–H groups in total. The van der Waals surface area contributed by atoms with Crippen LogP contribution < -0.4 is 18.9 Å². The number of nitrogens with zero attached hydrogens (tertiary/aromatic N) is 6. The number of carboxylic acids is 2. The van der Waals surface area contributed by atoms with Crippen molar-refractivity contribution < 1.29 is 38.7 Å². The standard InChI is InChI=1S/C56H54Cl2N6O8.2H2S/c1-35-40(33-71-53-22-51(69-31-38-18-37(24-59)25-61-26-38)42(20-47(53)57)29-63-16-6-4-14-49(63)55(65)66)10-8-12-45(35)46-13-9-11-41(36(46)2)34-72-54-23-52(70-32-39-19-44(60-3)28-62-27-39)43(21-48(54)58)30-64-17-7-5-15-50(64)56(67)68;;/h8-13,18-23,25-28,49-50H,4-7,14-17,29-34H2,1-2H3,(H,65,66)(H,67,68);2*1H2/t49-,50-;;/m0../s1. The van der Waals surface area contributed by atoms with Gasteiger partial charge >= 0.3 is 11.9 Å². The van der Waals surface area contributed by atoms with Crippen molar-refractivity contribution in [3.63, 3.8) is 0 Å². The first kappa shape index (κ1) is 56.8. The SMILES string of the molecule is S.S.[C-]#[N+]c1cncc(COc2cc(OCc3cccc(-c4cccc(COc5cc(OCc6cncc(C#N)c6)c(CN6CCCC[C@H]6C(=O)O)cc5Cl)c4C)c3C)c(Cl)cc2CN2CCCC[C@H]2C(=O)O)c1. The third-order valence-electron chi connectivity index (χ3n) is 13.3. The molecule has 8 rings (SSSR count). The first-order valence-electron chi connectivity index (χ1n) is 23.8. The number of rotatable bonds is 19. The molecule has 74 heavy (non-hydrogen) atoms. The predicted molar refractivity (Wildman–Crippen MR) is 293 cm³/mol. The molecule has 0 spiro atoms. The summed E-state index contributed by atoms with van der Waals surface area (Å²) in [5.41, 5.74) is 9.56. The van der Waals surface area contributed by atoms with Gasteiger partial charge in [0.05, 0.1) is 22.2 Å². The summed E-state index contributed by atoms with van der Waals surface area (Å²) in [4.78, 5) is 40.1. The molecule has 2 saturated heterocycles. The highest BCUT2D eigenvalue weighted by Crippen LogP contribution is 2.39. The molecule has 14 nitrogen and oxygen atoms in total. The van der Waals surface area contributed by atoms with Crippen molar-refractivity contribution in [3.05, 3.63) is 169 Å². The third kappa shape index (κ3) is 14.0. The summed E-state index contributed by atoms with van der Waals surface area (Å²) in [6, 6.07) is 23.5. The zero-order valence-corrected chi connectivity index (χ0v) is 44.6. The van der Waals surface area contributed by atoms with E-state index in [0.29, 0.717) is 94.4 Å². The van der Waals surface area contributed by atoms with Crippen LogP contribution in [0.4, 0.5) is 5.69 Å². The minimum atomic E-state index is -0.859. The second kappa shape index (κ2) is 26.6. The van der Waals surface area contributed by atoms with Crippen molar-refractivity contribution >= 4 is 67.8 Å². The van der Waals surface area contributed by atoms with Gasteiger partial charge in [-0.05, 0) is 116 Å². The summed E-state index contributed by atoms with van der Waals surface area (Å²) in [7, 11) is 0. The first-order chi connectivity index (χ1) is 34.9. The zero-order chi connectivity index (χ0) is 50.7. The van der Waals surface area contributed by atoms with Gasteiger partial charge in [0.2, 0.25) is 5.69 Å². The molecule has 4 heterocycles. The molecule has 18 heteroatoms. The summed E-state index contributed by atoms with van der Waals surface area (Å²) in [6.45, 7) is 14.0. The molecule has 2 atom stereocenters. The molecule has 6 aromatic rings. The van der Waals surface area contributed by atoms with E-state index in [9.17, 15) is 25.1 Å². The van der Waals surface area contributed by atoms with E-state index >= 15 is 0 Å². The highest BCUT2D eigenvalue weighted by Gasteiger charge is 2.31. The number of aliphatic carboxylic acids is 2. The van der Waals surface area contributed by atoms with Gasteiger partial charge in [0.15, 0.2) is 0 Å². The Morgan fingerprint density at radius 1 is 0.649 bits per heavy atom. The molecule has 0 radical (unpaired) electrons. The molecule has 2 aliphatic rings. The molecular weight excluding hydrogens is 1020 g/mol. The maximum absolute atomic E-state index is 12.2. The number of pyridine rings is 2. The number of benzene rings is 4. The summed E-state index contributed by atoms with van der Waals surface area (Å²) in [5, 5.41) is 30.1. The van der Waals surface area contributed by atoms with Gasteiger partial charge in [-0.15, -0.1) is 0 Å². The maximum Gasteiger partial charge on any atom is 0.320 e. The lowest BCUT2D eigenvalue weighted by Crippen LogP contribution is -2.44. The van der Waals surface area contributed by atoms with Crippen LogP contribution in [0.5, 0.6) is 23.0 Å². The van der Waals surface area contributed by atoms with E-state index in [-0.39, 0.29) is 53.4 Å². The summed E-state index contributed by atoms with van der Waals surface area (Å²) < 4.78 is 25.6. The Morgan fingerprint density at radius 2 is 1.11 bits per heavy atom. The quantitative estimate of drug-likeness (QED) is 0.0735. The predicted octanol–water partition coefficient (Wildman–Crippen LogP) is 11.9. The normalized spacial score (nSPS) is 15.6. The van der Waals surface area contributed by atoms with E-state index in [1.165, 1.54) is 12.4 Å². The number of carboxylic acid groups (broad SMARTS) is 2. The maximum atomic E-state index is 12.2. The van der Waals surface area contributed by atoms with Crippen LogP contribution in [0.1, 0.15) is 88.6 Å². The molecule has 0 amide bonds. The molecule has 0 saturated carbocycles. The minimum absolute atomic E-state index is 0. The Kier molecular flexibility index (Phi) is 20.4. The second-order valence-corrected chi connectivity index (χ2v) is 18.9. The fourth-order valence-corrected chi connectivity index (χ4v) is 9.87. The molecule has 0 aliphatic carbocycles. The molecule has 0 bridgehead atoms. The largest absolute Gasteiger partial charge is 0.488 e. The van der Waals surface area contributed by atoms with E-state index in [2.05, 4.69) is 46.9 Å². The molecule has 386 valence electrons. The van der Waals surface area contributed by atoms with Gasteiger partial charge in [0, 0.05) is 66.7 Å². The topological polar surface area (TPSA) is 172 Å². The van der Waals surface area contributed by atoms with Crippen molar-refractivity contribution in [1.82, 2.24) is 19.8 Å². The number of likely N-dealkylation sites (tertiary alicyclic amines) is 2. The lowest BCUT2D eigenvalue weighted by molar-refractivity contribution is -0.145. The van der Waals surface area contributed by atoms with Crippen LogP contribution in [0.3, 0.4) is 0 Å². The first-order valence-corrected chi connectivity index (χ1v) is 24.6. The van der Waals surface area contributed by atoms with Crippen LogP contribution in [-0.4, -0.2) is 67.1 Å². The number of piperidine rings is 2. The van der Waals surface area contributed by atoms with Gasteiger partial charge in [-0.25, -0.2) is 4.85 Å². The number of ether oxygens (including phenoxy) is 4. The van der Waals surface area contributed by atoms with Crippen LogP contribution in [0.15, 0.2) is 97.6 Å². The van der Waals surface area contributed by atoms with Crippen molar-refractivity contribution in [2.24, 2.45) is 0 Å². The van der Waals surface area contributed by atoms with E-state index in [4.69, 9.17) is 48.7 Å². The smallest absolute Gasteiger partial charge is 0.320 e. The van der Waals surface area contributed by atoms with Crippen molar-refractivity contribution in [1.29, 1.82) is 5.26 Å².